The second-order valence-corrected chi connectivity index (χ2v) is 6.93. The zero-order valence-corrected chi connectivity index (χ0v) is 14.4. The summed E-state index contributed by atoms with van der Waals surface area (Å²) in [7, 11) is 0. The molecule has 1 unspecified atom stereocenters. The first-order chi connectivity index (χ1) is 12.2. The van der Waals surface area contributed by atoms with Crippen LogP contribution >= 0.6 is 0 Å². The van der Waals surface area contributed by atoms with Gasteiger partial charge in [-0.15, -0.1) is 0 Å². The van der Waals surface area contributed by atoms with E-state index in [0.29, 0.717) is 12.5 Å². The molecule has 2 aromatic rings. The molecule has 25 heavy (non-hydrogen) atoms. The average Bonchev–Trinajstić information content (AvgIpc) is 3.46. The Kier molecular flexibility index (Phi) is 3.93. The Morgan fingerprint density at radius 2 is 1.80 bits per heavy atom. The fraction of sp³-hybridized carbons (Fsp3) is 0.333. The molecule has 2 aromatic carbocycles. The Bertz CT molecular complexity index is 850. The van der Waals surface area contributed by atoms with Crippen molar-refractivity contribution in [3.8, 4) is 6.07 Å². The normalized spacial score (nSPS) is 19.3. The lowest BCUT2D eigenvalue weighted by Gasteiger charge is -2.43. The quantitative estimate of drug-likeness (QED) is 0.861. The lowest BCUT2D eigenvalue weighted by atomic mass is 10.0. The number of benzene rings is 2. The van der Waals surface area contributed by atoms with Crippen molar-refractivity contribution in [1.82, 2.24) is 0 Å². The van der Waals surface area contributed by atoms with Crippen LogP contribution < -0.4 is 9.80 Å². The minimum atomic E-state index is 0.112. The molecule has 0 radical (unpaired) electrons. The molecule has 0 spiro atoms. The summed E-state index contributed by atoms with van der Waals surface area (Å²) in [5, 5.41) is 9.39. The summed E-state index contributed by atoms with van der Waals surface area (Å²) >= 11 is 0. The molecule has 1 atom stereocenters. The van der Waals surface area contributed by atoms with Gasteiger partial charge in [0.25, 0.3) is 0 Å². The highest BCUT2D eigenvalue weighted by atomic mass is 16.2. The van der Waals surface area contributed by atoms with Gasteiger partial charge in [-0.1, -0.05) is 30.3 Å². The molecule has 1 saturated carbocycles. The van der Waals surface area contributed by atoms with E-state index in [0.717, 1.165) is 29.0 Å². The number of carbonyl (C=O) groups is 1. The molecular weight excluding hydrogens is 310 g/mol. The van der Waals surface area contributed by atoms with Crippen LogP contribution in [0, 0.1) is 17.2 Å². The third-order valence-corrected chi connectivity index (χ3v) is 5.23. The van der Waals surface area contributed by atoms with Crippen molar-refractivity contribution in [3.05, 3.63) is 59.7 Å². The zero-order valence-electron chi connectivity index (χ0n) is 14.4. The predicted molar refractivity (Wildman–Crippen MR) is 98.3 cm³/mol. The molecule has 1 aliphatic heterocycles. The lowest BCUT2D eigenvalue weighted by Crippen LogP contribution is -2.52. The van der Waals surface area contributed by atoms with Crippen LogP contribution in [0.3, 0.4) is 0 Å². The largest absolute Gasteiger partial charge is 0.363 e. The van der Waals surface area contributed by atoms with E-state index < -0.39 is 0 Å². The van der Waals surface area contributed by atoms with Gasteiger partial charge in [-0.05, 0) is 42.5 Å². The van der Waals surface area contributed by atoms with Crippen molar-refractivity contribution in [2.75, 3.05) is 16.3 Å². The zero-order chi connectivity index (χ0) is 17.4. The van der Waals surface area contributed by atoms with Crippen LogP contribution in [-0.4, -0.2) is 18.5 Å². The summed E-state index contributed by atoms with van der Waals surface area (Å²) in [4.78, 5) is 16.6. The van der Waals surface area contributed by atoms with Gasteiger partial charge in [0.1, 0.15) is 0 Å². The minimum Gasteiger partial charge on any atom is -0.363 e. The van der Waals surface area contributed by atoms with E-state index in [-0.39, 0.29) is 11.9 Å². The van der Waals surface area contributed by atoms with Gasteiger partial charge >= 0.3 is 0 Å². The van der Waals surface area contributed by atoms with Crippen molar-refractivity contribution >= 4 is 17.3 Å². The van der Waals surface area contributed by atoms with E-state index in [1.165, 1.54) is 12.8 Å². The van der Waals surface area contributed by atoms with E-state index in [1.54, 1.807) is 6.92 Å². The van der Waals surface area contributed by atoms with Gasteiger partial charge < -0.3 is 9.80 Å². The van der Waals surface area contributed by atoms with Crippen molar-refractivity contribution in [2.24, 2.45) is 5.92 Å². The Labute approximate surface area is 148 Å². The predicted octanol–water partition coefficient (Wildman–Crippen LogP) is 3.71. The summed E-state index contributed by atoms with van der Waals surface area (Å²) < 4.78 is 0. The maximum absolute atomic E-state index is 12.3. The summed E-state index contributed by atoms with van der Waals surface area (Å²) in [6.07, 6.45) is 2.39. The lowest BCUT2D eigenvalue weighted by molar-refractivity contribution is -0.117. The van der Waals surface area contributed by atoms with Gasteiger partial charge in [-0.2, -0.15) is 5.26 Å². The molecule has 1 heterocycles. The summed E-state index contributed by atoms with van der Waals surface area (Å²) in [5.74, 6) is 0.701. The van der Waals surface area contributed by atoms with Crippen LogP contribution in [0.15, 0.2) is 48.5 Å². The standard InChI is InChI=1S/C21H21N3O/c1-15(25)24-20-9-5-4-8-19(20)23(14-21(24)16-10-11-16)13-18-7-3-2-6-17(18)12-22/h2-9,16,21H,10-11,13-14H2,1H3. The van der Waals surface area contributed by atoms with Crippen molar-refractivity contribution in [3.63, 3.8) is 0 Å². The van der Waals surface area contributed by atoms with E-state index in [9.17, 15) is 10.1 Å². The SMILES string of the molecule is CC(=O)N1c2ccccc2N(Cc2ccccc2C#N)CC1C1CC1. The Balaban J connectivity index is 1.74. The highest BCUT2D eigenvalue weighted by molar-refractivity contribution is 5.97. The first-order valence-corrected chi connectivity index (χ1v) is 8.81. The molecular formula is C21H21N3O. The van der Waals surface area contributed by atoms with Crippen LogP contribution in [0.5, 0.6) is 0 Å². The molecule has 4 heteroatoms. The summed E-state index contributed by atoms with van der Waals surface area (Å²) in [5.41, 5.74) is 3.82. The Hall–Kier alpha value is -2.80. The molecule has 1 aliphatic carbocycles. The van der Waals surface area contributed by atoms with Gasteiger partial charge in [0.05, 0.1) is 29.0 Å². The van der Waals surface area contributed by atoms with E-state index in [4.69, 9.17) is 0 Å². The number of amides is 1. The minimum absolute atomic E-state index is 0.112. The van der Waals surface area contributed by atoms with Gasteiger partial charge in [-0.25, -0.2) is 0 Å². The first kappa shape index (κ1) is 15.7. The molecule has 4 rings (SSSR count). The fourth-order valence-electron chi connectivity index (χ4n) is 3.89. The van der Waals surface area contributed by atoms with Gasteiger partial charge in [0.15, 0.2) is 0 Å². The number of para-hydroxylation sites is 2. The fourth-order valence-corrected chi connectivity index (χ4v) is 3.89. The molecule has 0 N–H and O–H groups in total. The first-order valence-electron chi connectivity index (χ1n) is 8.81. The number of nitriles is 1. The highest BCUT2D eigenvalue weighted by Gasteiger charge is 2.42. The topological polar surface area (TPSA) is 47.3 Å². The third-order valence-electron chi connectivity index (χ3n) is 5.23. The third kappa shape index (κ3) is 2.87. The van der Waals surface area contributed by atoms with E-state index in [1.807, 2.05) is 47.4 Å². The number of carbonyl (C=O) groups excluding carboxylic acids is 1. The number of fused-ring (bicyclic) bond motifs is 1. The highest BCUT2D eigenvalue weighted by Crippen LogP contribution is 2.44. The van der Waals surface area contributed by atoms with E-state index >= 15 is 0 Å². The van der Waals surface area contributed by atoms with Gasteiger partial charge in [0, 0.05) is 20.0 Å². The van der Waals surface area contributed by atoms with Crippen LogP contribution in [0.25, 0.3) is 0 Å². The van der Waals surface area contributed by atoms with Crippen molar-refractivity contribution < 1.29 is 4.79 Å². The smallest absolute Gasteiger partial charge is 0.224 e. The maximum atomic E-state index is 12.3. The molecule has 0 bridgehead atoms. The number of anilines is 2. The van der Waals surface area contributed by atoms with Gasteiger partial charge in [0.2, 0.25) is 5.91 Å². The summed E-state index contributed by atoms with van der Waals surface area (Å²) in [6, 6.07) is 18.4. The van der Waals surface area contributed by atoms with Crippen LogP contribution in [0.2, 0.25) is 0 Å². The average molecular weight is 331 g/mol. The number of hydrogen-bond acceptors (Lipinski definition) is 3. The number of hydrogen-bond donors (Lipinski definition) is 0. The molecule has 1 fully saturated rings. The monoisotopic (exact) mass is 331 g/mol. The molecule has 126 valence electrons. The molecule has 1 amide bonds. The molecule has 0 saturated heterocycles. The number of nitrogens with zero attached hydrogens (tertiary/aromatic N) is 3. The number of rotatable bonds is 3. The Morgan fingerprint density at radius 3 is 2.48 bits per heavy atom. The van der Waals surface area contributed by atoms with E-state index in [2.05, 4.69) is 17.0 Å². The van der Waals surface area contributed by atoms with Crippen LogP contribution in [0.4, 0.5) is 11.4 Å². The molecule has 2 aliphatic rings. The maximum Gasteiger partial charge on any atom is 0.224 e. The molecule has 0 aromatic heterocycles. The second-order valence-electron chi connectivity index (χ2n) is 6.93. The van der Waals surface area contributed by atoms with Crippen molar-refractivity contribution in [1.29, 1.82) is 5.26 Å². The van der Waals surface area contributed by atoms with Gasteiger partial charge in [-0.3, -0.25) is 4.79 Å². The van der Waals surface area contributed by atoms with Crippen LogP contribution in [-0.2, 0) is 11.3 Å². The van der Waals surface area contributed by atoms with Crippen molar-refractivity contribution in [2.45, 2.75) is 32.4 Å². The van der Waals surface area contributed by atoms with Crippen LogP contribution in [0.1, 0.15) is 30.9 Å². The Morgan fingerprint density at radius 1 is 1.12 bits per heavy atom. The molecule has 4 nitrogen and oxygen atoms in total. The summed E-state index contributed by atoms with van der Waals surface area (Å²) in [6.45, 7) is 3.17. The second kappa shape index (κ2) is 6.25.